The van der Waals surface area contributed by atoms with Crippen LogP contribution in [-0.2, 0) is 0 Å². The maximum atomic E-state index is 12.8. The highest BCUT2D eigenvalue weighted by molar-refractivity contribution is 5.22. The van der Waals surface area contributed by atoms with Gasteiger partial charge in [0.05, 0.1) is 18.5 Å². The van der Waals surface area contributed by atoms with Gasteiger partial charge in [0.1, 0.15) is 18.2 Å². The molecule has 0 aromatic heterocycles. The lowest BCUT2D eigenvalue weighted by Gasteiger charge is -2.33. The Hall–Kier alpha value is -1.60. The zero-order chi connectivity index (χ0) is 13.5. The minimum atomic E-state index is -0.267. The molecule has 1 aliphatic heterocycles. The van der Waals surface area contributed by atoms with Crippen LogP contribution in [0.3, 0.4) is 0 Å². The highest BCUT2D eigenvalue weighted by Crippen LogP contribution is 2.17. The van der Waals surface area contributed by atoms with Gasteiger partial charge in [-0.3, -0.25) is 4.90 Å². The van der Waals surface area contributed by atoms with Crippen LogP contribution in [-0.4, -0.2) is 30.6 Å². The zero-order valence-corrected chi connectivity index (χ0v) is 11.0. The Kier molecular flexibility index (Phi) is 5.17. The first-order chi connectivity index (χ1) is 9.29. The molecular formula is C15H19FN2O. The fraction of sp³-hybridized carbons (Fsp3) is 0.533. The summed E-state index contributed by atoms with van der Waals surface area (Å²) in [7, 11) is 0. The van der Waals surface area contributed by atoms with Crippen LogP contribution in [0, 0.1) is 17.1 Å². The van der Waals surface area contributed by atoms with Gasteiger partial charge < -0.3 is 4.74 Å². The Bertz CT molecular complexity index is 421. The second-order valence-electron chi connectivity index (χ2n) is 4.88. The van der Waals surface area contributed by atoms with E-state index in [1.54, 1.807) is 12.1 Å². The van der Waals surface area contributed by atoms with Gasteiger partial charge in [-0.1, -0.05) is 6.42 Å². The van der Waals surface area contributed by atoms with Crippen molar-refractivity contribution in [3.63, 3.8) is 0 Å². The number of rotatable bonds is 5. The van der Waals surface area contributed by atoms with Crippen LogP contribution >= 0.6 is 0 Å². The average Bonchev–Trinajstić information content (AvgIpc) is 2.46. The number of ether oxygens (including phenoxy) is 1. The molecule has 0 spiro atoms. The molecular weight excluding hydrogens is 243 g/mol. The summed E-state index contributed by atoms with van der Waals surface area (Å²) < 4.78 is 18.5. The smallest absolute Gasteiger partial charge is 0.123 e. The standard InChI is InChI=1S/C15H19FN2O/c16-13-4-6-15(7-5-13)19-12-14(8-9-17)18-10-2-1-3-11-18/h4-7,14H,1-3,8,10-12H2. The minimum absolute atomic E-state index is 0.135. The summed E-state index contributed by atoms with van der Waals surface area (Å²) in [6.45, 7) is 2.57. The highest BCUT2D eigenvalue weighted by atomic mass is 19.1. The van der Waals surface area contributed by atoms with E-state index in [2.05, 4.69) is 11.0 Å². The third-order valence-corrected chi connectivity index (χ3v) is 3.49. The molecule has 1 aliphatic rings. The highest BCUT2D eigenvalue weighted by Gasteiger charge is 2.21. The first-order valence-electron chi connectivity index (χ1n) is 6.79. The first-order valence-corrected chi connectivity index (χ1v) is 6.79. The molecule has 3 nitrogen and oxygen atoms in total. The van der Waals surface area contributed by atoms with Crippen molar-refractivity contribution < 1.29 is 9.13 Å². The van der Waals surface area contributed by atoms with E-state index < -0.39 is 0 Å². The molecule has 102 valence electrons. The molecule has 4 heteroatoms. The number of likely N-dealkylation sites (tertiary alicyclic amines) is 1. The number of piperidine rings is 1. The van der Waals surface area contributed by atoms with E-state index in [0.717, 1.165) is 13.1 Å². The van der Waals surface area contributed by atoms with E-state index in [1.807, 2.05) is 0 Å². The number of nitriles is 1. The molecule has 0 amide bonds. The van der Waals surface area contributed by atoms with Gasteiger partial charge >= 0.3 is 0 Å². The average molecular weight is 262 g/mol. The number of halogens is 1. The number of hydrogen-bond acceptors (Lipinski definition) is 3. The van der Waals surface area contributed by atoms with Gasteiger partial charge in [0.2, 0.25) is 0 Å². The van der Waals surface area contributed by atoms with Crippen molar-refractivity contribution in [1.29, 1.82) is 5.26 Å². The Morgan fingerprint density at radius 1 is 1.21 bits per heavy atom. The van der Waals surface area contributed by atoms with Gasteiger partial charge in [-0.05, 0) is 50.2 Å². The van der Waals surface area contributed by atoms with E-state index in [1.165, 1.54) is 31.4 Å². The molecule has 1 unspecified atom stereocenters. The number of hydrogen-bond donors (Lipinski definition) is 0. The van der Waals surface area contributed by atoms with Crippen LogP contribution in [0.25, 0.3) is 0 Å². The van der Waals surface area contributed by atoms with E-state index >= 15 is 0 Å². The van der Waals surface area contributed by atoms with Crippen LogP contribution in [0.1, 0.15) is 25.7 Å². The summed E-state index contributed by atoms with van der Waals surface area (Å²) in [6.07, 6.45) is 4.13. The molecule has 1 fully saturated rings. The molecule has 1 aromatic carbocycles. The largest absolute Gasteiger partial charge is 0.492 e. The maximum absolute atomic E-state index is 12.8. The van der Waals surface area contributed by atoms with Crippen molar-refractivity contribution in [3.05, 3.63) is 30.1 Å². The third-order valence-electron chi connectivity index (χ3n) is 3.49. The fourth-order valence-corrected chi connectivity index (χ4v) is 2.41. The molecule has 0 N–H and O–H groups in total. The van der Waals surface area contributed by atoms with Gasteiger partial charge in [-0.25, -0.2) is 4.39 Å². The SMILES string of the molecule is N#CCC(COc1ccc(F)cc1)N1CCCCC1. The first kappa shape index (κ1) is 13.8. The van der Waals surface area contributed by atoms with Gasteiger partial charge in [-0.15, -0.1) is 0 Å². The van der Waals surface area contributed by atoms with Crippen LogP contribution in [0.15, 0.2) is 24.3 Å². The van der Waals surface area contributed by atoms with E-state index in [-0.39, 0.29) is 11.9 Å². The van der Waals surface area contributed by atoms with Crippen molar-refractivity contribution in [2.75, 3.05) is 19.7 Å². The Labute approximate surface area is 113 Å². The fourth-order valence-electron chi connectivity index (χ4n) is 2.41. The minimum Gasteiger partial charge on any atom is -0.492 e. The molecule has 19 heavy (non-hydrogen) atoms. The summed E-state index contributed by atoms with van der Waals surface area (Å²) in [5, 5.41) is 8.92. The van der Waals surface area contributed by atoms with Gasteiger partial charge in [0, 0.05) is 0 Å². The van der Waals surface area contributed by atoms with E-state index in [4.69, 9.17) is 10.00 Å². The maximum Gasteiger partial charge on any atom is 0.123 e. The van der Waals surface area contributed by atoms with E-state index in [9.17, 15) is 4.39 Å². The second kappa shape index (κ2) is 7.10. The van der Waals surface area contributed by atoms with Crippen LogP contribution in [0.5, 0.6) is 5.75 Å². The molecule has 0 aliphatic carbocycles. The van der Waals surface area contributed by atoms with Crippen LogP contribution < -0.4 is 4.74 Å². The van der Waals surface area contributed by atoms with Crippen LogP contribution in [0.4, 0.5) is 4.39 Å². The lowest BCUT2D eigenvalue weighted by molar-refractivity contribution is 0.116. The van der Waals surface area contributed by atoms with Crippen molar-refractivity contribution in [3.8, 4) is 11.8 Å². The lowest BCUT2D eigenvalue weighted by atomic mass is 10.1. The summed E-state index contributed by atoms with van der Waals surface area (Å²) in [5.74, 6) is 0.387. The van der Waals surface area contributed by atoms with Gasteiger partial charge in [0.25, 0.3) is 0 Å². The number of benzene rings is 1. The predicted octanol–water partition coefficient (Wildman–Crippen LogP) is 2.97. The lowest BCUT2D eigenvalue weighted by Crippen LogP contribution is -2.42. The zero-order valence-electron chi connectivity index (χ0n) is 11.0. The van der Waals surface area contributed by atoms with Crippen LogP contribution in [0.2, 0.25) is 0 Å². The Morgan fingerprint density at radius 3 is 2.53 bits per heavy atom. The van der Waals surface area contributed by atoms with Crippen molar-refractivity contribution >= 4 is 0 Å². The summed E-state index contributed by atoms with van der Waals surface area (Å²) >= 11 is 0. The Morgan fingerprint density at radius 2 is 1.89 bits per heavy atom. The summed E-state index contributed by atoms with van der Waals surface area (Å²) in [4.78, 5) is 2.33. The quantitative estimate of drug-likeness (QED) is 0.818. The molecule has 1 atom stereocenters. The molecule has 0 radical (unpaired) electrons. The molecule has 1 heterocycles. The van der Waals surface area contributed by atoms with Gasteiger partial charge in [0.15, 0.2) is 0 Å². The third kappa shape index (κ3) is 4.22. The van der Waals surface area contributed by atoms with Gasteiger partial charge in [-0.2, -0.15) is 5.26 Å². The summed E-state index contributed by atoms with van der Waals surface area (Å²) in [5.41, 5.74) is 0. The molecule has 0 saturated carbocycles. The molecule has 0 bridgehead atoms. The van der Waals surface area contributed by atoms with Crippen molar-refractivity contribution in [2.24, 2.45) is 0 Å². The van der Waals surface area contributed by atoms with Crippen molar-refractivity contribution in [2.45, 2.75) is 31.7 Å². The molecule has 2 rings (SSSR count). The molecule has 1 aromatic rings. The number of nitrogens with zero attached hydrogens (tertiary/aromatic N) is 2. The summed E-state index contributed by atoms with van der Waals surface area (Å²) in [6, 6.07) is 8.37. The van der Waals surface area contributed by atoms with E-state index in [0.29, 0.717) is 18.8 Å². The second-order valence-corrected chi connectivity index (χ2v) is 4.88. The Balaban J connectivity index is 1.89. The normalized spacial score (nSPS) is 17.7. The topological polar surface area (TPSA) is 36.3 Å². The molecule has 1 saturated heterocycles. The monoisotopic (exact) mass is 262 g/mol. The van der Waals surface area contributed by atoms with Crippen molar-refractivity contribution in [1.82, 2.24) is 4.90 Å². The predicted molar refractivity (Wildman–Crippen MR) is 71.3 cm³/mol.